The molecule has 0 unspecified atom stereocenters. The van der Waals surface area contributed by atoms with Crippen molar-refractivity contribution >= 4 is 37.8 Å². The third-order valence-corrected chi connectivity index (χ3v) is 3.61. The van der Waals surface area contributed by atoms with E-state index in [1.54, 1.807) is 19.9 Å². The van der Waals surface area contributed by atoms with E-state index in [9.17, 15) is 13.2 Å². The second-order valence-electron chi connectivity index (χ2n) is 3.87. The molecule has 3 N–H and O–H groups in total. The maximum Gasteiger partial charge on any atom is 0.337 e. The molecule has 0 amide bonds. The van der Waals surface area contributed by atoms with Crippen molar-refractivity contribution in [2.75, 3.05) is 4.72 Å². The summed E-state index contributed by atoms with van der Waals surface area (Å²) in [6.07, 6.45) is 0. The molecule has 0 fully saturated rings. The first-order valence-corrected chi connectivity index (χ1v) is 7.32. The van der Waals surface area contributed by atoms with Gasteiger partial charge in [-0.25, -0.2) is 4.79 Å². The van der Waals surface area contributed by atoms with E-state index in [-0.39, 0.29) is 17.3 Å². The topological polar surface area (TPSA) is 95.5 Å². The molecule has 1 aromatic carbocycles. The molecule has 6 nitrogen and oxygen atoms in total. The Morgan fingerprint density at radius 3 is 2.50 bits per heavy atom. The van der Waals surface area contributed by atoms with Gasteiger partial charge in [-0.2, -0.15) is 13.1 Å². The third kappa shape index (κ3) is 4.28. The molecular weight excluding hydrogens is 324 g/mol. The number of nitrogens with one attached hydrogen (secondary N) is 2. The van der Waals surface area contributed by atoms with Crippen LogP contribution in [0.4, 0.5) is 5.69 Å². The van der Waals surface area contributed by atoms with Gasteiger partial charge in [-0.1, -0.05) is 15.9 Å². The lowest BCUT2D eigenvalue weighted by molar-refractivity contribution is 0.0698. The highest BCUT2D eigenvalue weighted by Gasteiger charge is 2.17. The summed E-state index contributed by atoms with van der Waals surface area (Å²) in [5.74, 6) is -1.21. The Hall–Kier alpha value is -1.12. The van der Waals surface area contributed by atoms with Crippen LogP contribution in [0, 0.1) is 0 Å². The molecule has 0 aromatic heterocycles. The number of carboxylic acids is 1. The number of hydrogen-bond donors (Lipinski definition) is 3. The minimum absolute atomic E-state index is 0.0128. The van der Waals surface area contributed by atoms with Crippen LogP contribution < -0.4 is 9.44 Å². The van der Waals surface area contributed by atoms with Crippen molar-refractivity contribution in [3.05, 3.63) is 28.2 Å². The van der Waals surface area contributed by atoms with E-state index in [2.05, 4.69) is 25.4 Å². The molecular formula is C10H13BrN2O4S. The van der Waals surface area contributed by atoms with E-state index in [0.29, 0.717) is 4.47 Å². The zero-order valence-corrected chi connectivity index (χ0v) is 12.2. The van der Waals surface area contributed by atoms with Gasteiger partial charge in [0, 0.05) is 10.5 Å². The summed E-state index contributed by atoms with van der Waals surface area (Å²) in [4.78, 5) is 11.0. The zero-order chi connectivity index (χ0) is 13.9. The van der Waals surface area contributed by atoms with Crippen LogP contribution in [0.25, 0.3) is 0 Å². The van der Waals surface area contributed by atoms with Crippen LogP contribution in [0.3, 0.4) is 0 Å². The van der Waals surface area contributed by atoms with E-state index in [4.69, 9.17) is 5.11 Å². The number of benzene rings is 1. The number of carboxylic acid groups (broad SMARTS) is 1. The highest BCUT2D eigenvalue weighted by Crippen LogP contribution is 2.21. The fourth-order valence-corrected chi connectivity index (χ4v) is 2.78. The lowest BCUT2D eigenvalue weighted by Gasteiger charge is -2.13. The van der Waals surface area contributed by atoms with Crippen molar-refractivity contribution in [3.8, 4) is 0 Å². The number of anilines is 1. The van der Waals surface area contributed by atoms with Crippen molar-refractivity contribution in [2.24, 2.45) is 0 Å². The van der Waals surface area contributed by atoms with Gasteiger partial charge in [-0.05, 0) is 32.0 Å². The summed E-state index contributed by atoms with van der Waals surface area (Å²) < 4.78 is 28.3. The van der Waals surface area contributed by atoms with Gasteiger partial charge in [0.25, 0.3) is 10.2 Å². The van der Waals surface area contributed by atoms with Crippen molar-refractivity contribution in [3.63, 3.8) is 0 Å². The fourth-order valence-electron chi connectivity index (χ4n) is 1.27. The predicted molar refractivity (Wildman–Crippen MR) is 71.9 cm³/mol. The van der Waals surface area contributed by atoms with Gasteiger partial charge in [0.1, 0.15) is 0 Å². The lowest BCUT2D eigenvalue weighted by Crippen LogP contribution is -2.35. The molecule has 0 aliphatic heterocycles. The van der Waals surface area contributed by atoms with E-state index in [1.807, 2.05) is 0 Å². The minimum Gasteiger partial charge on any atom is -0.478 e. The first kappa shape index (κ1) is 14.9. The SMILES string of the molecule is CC(C)NS(=O)(=O)Nc1ccc(Br)cc1C(=O)O. The van der Waals surface area contributed by atoms with Crippen LogP contribution in [0.2, 0.25) is 0 Å². The Bertz CT molecular complexity index is 557. The maximum absolute atomic E-state index is 11.6. The van der Waals surface area contributed by atoms with Crippen molar-refractivity contribution in [2.45, 2.75) is 19.9 Å². The van der Waals surface area contributed by atoms with Gasteiger partial charge in [-0.3, -0.25) is 4.72 Å². The van der Waals surface area contributed by atoms with Gasteiger partial charge >= 0.3 is 5.97 Å². The highest BCUT2D eigenvalue weighted by molar-refractivity contribution is 9.10. The second-order valence-corrected chi connectivity index (χ2v) is 6.24. The number of aromatic carboxylic acids is 1. The van der Waals surface area contributed by atoms with E-state index in [0.717, 1.165) is 0 Å². The average Bonchev–Trinajstić information content (AvgIpc) is 2.18. The van der Waals surface area contributed by atoms with E-state index >= 15 is 0 Å². The minimum atomic E-state index is -3.78. The van der Waals surface area contributed by atoms with E-state index < -0.39 is 16.2 Å². The second kappa shape index (κ2) is 5.68. The Morgan fingerprint density at radius 2 is 2.00 bits per heavy atom. The van der Waals surface area contributed by atoms with Crippen LogP contribution in [0.5, 0.6) is 0 Å². The van der Waals surface area contributed by atoms with Crippen LogP contribution in [-0.2, 0) is 10.2 Å². The average molecular weight is 337 g/mol. The Labute approximate surface area is 114 Å². The molecule has 0 aliphatic carbocycles. The summed E-state index contributed by atoms with van der Waals surface area (Å²) in [7, 11) is -3.78. The molecule has 100 valence electrons. The normalized spacial score (nSPS) is 11.6. The molecule has 0 atom stereocenters. The molecule has 0 heterocycles. The summed E-state index contributed by atoms with van der Waals surface area (Å²) in [6, 6.07) is 3.98. The zero-order valence-electron chi connectivity index (χ0n) is 9.77. The number of hydrogen-bond acceptors (Lipinski definition) is 3. The highest BCUT2D eigenvalue weighted by atomic mass is 79.9. The van der Waals surface area contributed by atoms with Crippen LogP contribution in [0.15, 0.2) is 22.7 Å². The molecule has 0 bridgehead atoms. The molecule has 0 radical (unpaired) electrons. The molecule has 0 spiro atoms. The molecule has 1 rings (SSSR count). The van der Waals surface area contributed by atoms with Crippen LogP contribution in [-0.4, -0.2) is 25.5 Å². The molecule has 8 heteroatoms. The standard InChI is InChI=1S/C10H13BrN2O4S/c1-6(2)12-18(16,17)13-9-4-3-7(11)5-8(9)10(14)15/h3-6,12-13H,1-2H3,(H,14,15). The van der Waals surface area contributed by atoms with Gasteiger partial charge in [-0.15, -0.1) is 0 Å². The molecule has 0 saturated heterocycles. The molecule has 0 saturated carbocycles. The van der Waals surface area contributed by atoms with Crippen LogP contribution in [0.1, 0.15) is 24.2 Å². The molecule has 0 aliphatic rings. The van der Waals surface area contributed by atoms with Crippen molar-refractivity contribution in [1.29, 1.82) is 0 Å². The lowest BCUT2D eigenvalue weighted by atomic mass is 10.2. The monoisotopic (exact) mass is 336 g/mol. The van der Waals surface area contributed by atoms with Gasteiger partial charge in [0.05, 0.1) is 11.3 Å². The number of halogens is 1. The quantitative estimate of drug-likeness (QED) is 0.763. The van der Waals surface area contributed by atoms with Crippen molar-refractivity contribution < 1.29 is 18.3 Å². The van der Waals surface area contributed by atoms with Crippen molar-refractivity contribution in [1.82, 2.24) is 4.72 Å². The number of carbonyl (C=O) groups is 1. The first-order chi connectivity index (χ1) is 8.21. The Morgan fingerprint density at radius 1 is 1.39 bits per heavy atom. The Kier molecular flexibility index (Phi) is 4.71. The van der Waals surface area contributed by atoms with Gasteiger partial charge in [0.15, 0.2) is 0 Å². The molecule has 1 aromatic rings. The maximum atomic E-state index is 11.6. The summed E-state index contributed by atoms with van der Waals surface area (Å²) >= 11 is 3.13. The van der Waals surface area contributed by atoms with E-state index in [1.165, 1.54) is 12.1 Å². The Balaban J connectivity index is 3.08. The smallest absolute Gasteiger partial charge is 0.337 e. The van der Waals surface area contributed by atoms with Gasteiger partial charge in [0.2, 0.25) is 0 Å². The largest absolute Gasteiger partial charge is 0.478 e. The fraction of sp³-hybridized carbons (Fsp3) is 0.300. The summed E-state index contributed by atoms with van der Waals surface area (Å²) in [5, 5.41) is 8.99. The predicted octanol–water partition coefficient (Wildman–Crippen LogP) is 1.80. The summed E-state index contributed by atoms with van der Waals surface area (Å²) in [5.41, 5.74) is -0.114. The third-order valence-electron chi connectivity index (χ3n) is 1.85. The number of rotatable bonds is 5. The summed E-state index contributed by atoms with van der Waals surface area (Å²) in [6.45, 7) is 3.33. The van der Waals surface area contributed by atoms with Gasteiger partial charge < -0.3 is 5.11 Å². The molecule has 18 heavy (non-hydrogen) atoms. The van der Waals surface area contributed by atoms with Crippen LogP contribution >= 0.6 is 15.9 Å². The first-order valence-electron chi connectivity index (χ1n) is 5.04.